The summed E-state index contributed by atoms with van der Waals surface area (Å²) in [6.45, 7) is 7.43. The van der Waals surface area contributed by atoms with Crippen molar-refractivity contribution in [3.63, 3.8) is 0 Å². The fourth-order valence-corrected chi connectivity index (χ4v) is 4.48. The van der Waals surface area contributed by atoms with E-state index in [9.17, 15) is 4.79 Å². The second kappa shape index (κ2) is 8.97. The molecular formula is C22H24N2O3S2. The molecule has 3 rings (SSSR count). The molecule has 0 saturated carbocycles. The van der Waals surface area contributed by atoms with E-state index in [-0.39, 0.29) is 0 Å². The molecule has 0 atom stereocenters. The number of benzene rings is 2. The van der Waals surface area contributed by atoms with Crippen LogP contribution in [0.4, 0.5) is 0 Å². The summed E-state index contributed by atoms with van der Waals surface area (Å²) in [6.07, 6.45) is 0. The zero-order chi connectivity index (χ0) is 21.0. The molecular weight excluding hydrogens is 404 g/mol. The van der Waals surface area contributed by atoms with Crippen LogP contribution in [0.2, 0.25) is 0 Å². The van der Waals surface area contributed by atoms with E-state index >= 15 is 0 Å². The Morgan fingerprint density at radius 1 is 1.10 bits per heavy atom. The molecule has 0 spiro atoms. The lowest BCUT2D eigenvalue weighted by molar-refractivity contribution is -0.156. The van der Waals surface area contributed by atoms with Crippen LogP contribution in [0.15, 0.2) is 47.4 Å². The maximum atomic E-state index is 11.8. The lowest BCUT2D eigenvalue weighted by Gasteiger charge is -2.24. The van der Waals surface area contributed by atoms with Crippen LogP contribution in [-0.4, -0.2) is 28.9 Å². The normalized spacial score (nSPS) is 11.3. The zero-order valence-corrected chi connectivity index (χ0v) is 18.8. The summed E-state index contributed by atoms with van der Waals surface area (Å²) >= 11 is 3.31. The number of hydrogen-bond donors (Lipinski definition) is 0. The van der Waals surface area contributed by atoms with E-state index in [2.05, 4.69) is 47.5 Å². The number of thioether (sulfide) groups is 1. The number of methoxy groups -OCH3 is 1. The number of aryl methyl sites for hydroxylation is 2. The quantitative estimate of drug-likeness (QED) is 0.369. The molecule has 0 aliphatic heterocycles. The fourth-order valence-electron chi connectivity index (χ4n) is 2.66. The van der Waals surface area contributed by atoms with Gasteiger partial charge in [0.25, 0.3) is 0 Å². The molecule has 0 bridgehead atoms. The molecule has 0 N–H and O–H groups in total. The molecule has 0 amide bonds. The van der Waals surface area contributed by atoms with Crippen molar-refractivity contribution in [1.82, 2.24) is 10.2 Å². The third-order valence-corrected chi connectivity index (χ3v) is 6.48. The molecule has 0 fully saturated rings. The maximum Gasteiger partial charge on any atom is 0.349 e. The van der Waals surface area contributed by atoms with Crippen molar-refractivity contribution < 1.29 is 14.3 Å². The van der Waals surface area contributed by atoms with Gasteiger partial charge in [-0.25, -0.2) is 4.79 Å². The van der Waals surface area contributed by atoms with Crippen molar-refractivity contribution in [2.45, 2.75) is 43.9 Å². The van der Waals surface area contributed by atoms with Gasteiger partial charge in [-0.05, 0) is 51.5 Å². The van der Waals surface area contributed by atoms with Gasteiger partial charge in [0, 0.05) is 10.5 Å². The van der Waals surface area contributed by atoms with E-state index in [1.54, 1.807) is 36.9 Å². The van der Waals surface area contributed by atoms with E-state index in [0.717, 1.165) is 31.8 Å². The van der Waals surface area contributed by atoms with Gasteiger partial charge in [-0.15, -0.1) is 22.0 Å². The highest BCUT2D eigenvalue weighted by Gasteiger charge is 2.31. The average Bonchev–Trinajstić information content (AvgIpc) is 3.17. The highest BCUT2D eigenvalue weighted by Crippen LogP contribution is 2.32. The highest BCUT2D eigenvalue weighted by atomic mass is 32.2. The van der Waals surface area contributed by atoms with E-state index < -0.39 is 11.6 Å². The third kappa shape index (κ3) is 5.36. The molecule has 1 heterocycles. The molecule has 3 aromatic rings. The second-order valence-corrected chi connectivity index (χ2v) is 9.30. The lowest BCUT2D eigenvalue weighted by atomic mass is 10.1. The first-order valence-electron chi connectivity index (χ1n) is 9.19. The number of esters is 1. The van der Waals surface area contributed by atoms with Crippen LogP contribution in [0.3, 0.4) is 0 Å². The lowest BCUT2D eigenvalue weighted by Crippen LogP contribution is -2.39. The van der Waals surface area contributed by atoms with Crippen molar-refractivity contribution in [3.8, 4) is 16.3 Å². The Hall–Kier alpha value is -2.38. The molecule has 0 aliphatic rings. The number of carbonyl (C=O) groups is 1. The SMILES string of the molecule is COC(=O)C(C)(C)Oc1ccc(SCc2nnc(-c3ccc(C)cc3)s2)cc1C. The average molecular weight is 429 g/mol. The Bertz CT molecular complexity index is 998. The van der Waals surface area contributed by atoms with Crippen LogP contribution in [0, 0.1) is 13.8 Å². The second-order valence-electron chi connectivity index (χ2n) is 7.19. The van der Waals surface area contributed by atoms with Gasteiger partial charge in [-0.1, -0.05) is 41.2 Å². The van der Waals surface area contributed by atoms with Gasteiger partial charge in [-0.2, -0.15) is 0 Å². The first-order valence-corrected chi connectivity index (χ1v) is 11.0. The predicted molar refractivity (Wildman–Crippen MR) is 118 cm³/mol. The third-order valence-electron chi connectivity index (χ3n) is 4.32. The molecule has 152 valence electrons. The number of carbonyl (C=O) groups excluding carboxylic acids is 1. The first-order chi connectivity index (χ1) is 13.8. The molecule has 7 heteroatoms. The molecule has 0 aliphatic carbocycles. The van der Waals surface area contributed by atoms with Gasteiger partial charge >= 0.3 is 5.97 Å². The summed E-state index contributed by atoms with van der Waals surface area (Å²) in [5, 5.41) is 10.6. The van der Waals surface area contributed by atoms with E-state index in [1.165, 1.54) is 12.7 Å². The predicted octanol–water partition coefficient (Wildman–Crippen LogP) is 5.44. The molecule has 2 aromatic carbocycles. The van der Waals surface area contributed by atoms with Crippen LogP contribution in [0.25, 0.3) is 10.6 Å². The van der Waals surface area contributed by atoms with Crippen LogP contribution in [0.1, 0.15) is 30.0 Å². The van der Waals surface area contributed by atoms with Gasteiger partial charge in [0.1, 0.15) is 15.8 Å². The van der Waals surface area contributed by atoms with Crippen LogP contribution in [0.5, 0.6) is 5.75 Å². The number of aromatic nitrogens is 2. The van der Waals surface area contributed by atoms with Gasteiger partial charge in [0.2, 0.25) is 0 Å². The minimum absolute atomic E-state index is 0.406. The van der Waals surface area contributed by atoms with E-state index in [4.69, 9.17) is 9.47 Å². The van der Waals surface area contributed by atoms with Gasteiger partial charge in [-0.3, -0.25) is 0 Å². The minimum atomic E-state index is -1.03. The fraction of sp³-hybridized carbons (Fsp3) is 0.318. The van der Waals surface area contributed by atoms with Crippen LogP contribution in [-0.2, 0) is 15.3 Å². The van der Waals surface area contributed by atoms with Crippen molar-refractivity contribution in [3.05, 3.63) is 58.6 Å². The zero-order valence-electron chi connectivity index (χ0n) is 17.2. The molecule has 29 heavy (non-hydrogen) atoms. The number of nitrogens with zero attached hydrogens (tertiary/aromatic N) is 2. The molecule has 0 radical (unpaired) electrons. The molecule has 5 nitrogen and oxygen atoms in total. The largest absolute Gasteiger partial charge is 0.476 e. The Kier molecular flexibility index (Phi) is 6.59. The smallest absolute Gasteiger partial charge is 0.349 e. The van der Waals surface area contributed by atoms with Gasteiger partial charge < -0.3 is 9.47 Å². The number of ether oxygens (including phenoxy) is 2. The summed E-state index contributed by atoms with van der Waals surface area (Å²) in [7, 11) is 1.36. The Labute approximate surface area is 179 Å². The van der Waals surface area contributed by atoms with Crippen molar-refractivity contribution in [2.24, 2.45) is 0 Å². The maximum absolute atomic E-state index is 11.8. The summed E-state index contributed by atoms with van der Waals surface area (Å²) in [5.74, 6) is 1.01. The standard InChI is InChI=1S/C22H24N2O3S2/c1-14-6-8-16(9-7-14)20-24-23-19(29-20)13-28-17-10-11-18(15(2)12-17)27-22(3,4)21(25)26-5/h6-12H,13H2,1-5H3. The minimum Gasteiger partial charge on any atom is -0.476 e. The van der Waals surface area contributed by atoms with E-state index in [1.807, 2.05) is 19.1 Å². The molecule has 1 aromatic heterocycles. The first kappa shape index (κ1) is 21.3. The Balaban J connectivity index is 1.64. The topological polar surface area (TPSA) is 61.3 Å². The van der Waals surface area contributed by atoms with Crippen molar-refractivity contribution >= 4 is 29.1 Å². The van der Waals surface area contributed by atoms with Crippen molar-refractivity contribution in [2.75, 3.05) is 7.11 Å². The molecule has 0 unspecified atom stereocenters. The monoisotopic (exact) mass is 428 g/mol. The summed E-state index contributed by atoms with van der Waals surface area (Å²) in [4.78, 5) is 12.9. The summed E-state index contributed by atoms with van der Waals surface area (Å²) in [6, 6.07) is 14.2. The molecule has 0 saturated heterocycles. The van der Waals surface area contributed by atoms with Crippen molar-refractivity contribution in [1.29, 1.82) is 0 Å². The van der Waals surface area contributed by atoms with Crippen LogP contribution < -0.4 is 4.74 Å². The van der Waals surface area contributed by atoms with Gasteiger partial charge in [0.15, 0.2) is 5.60 Å². The number of hydrogen-bond acceptors (Lipinski definition) is 7. The van der Waals surface area contributed by atoms with Gasteiger partial charge in [0.05, 0.1) is 12.9 Å². The summed E-state index contributed by atoms with van der Waals surface area (Å²) < 4.78 is 10.7. The Morgan fingerprint density at radius 2 is 1.83 bits per heavy atom. The summed E-state index contributed by atoms with van der Waals surface area (Å²) in [5.41, 5.74) is 2.25. The van der Waals surface area contributed by atoms with E-state index in [0.29, 0.717) is 5.75 Å². The highest BCUT2D eigenvalue weighted by molar-refractivity contribution is 7.98. The number of rotatable bonds is 7. The van der Waals surface area contributed by atoms with Crippen LogP contribution >= 0.6 is 23.1 Å². The Morgan fingerprint density at radius 3 is 2.48 bits per heavy atom.